The van der Waals surface area contributed by atoms with Gasteiger partial charge < -0.3 is 15.5 Å². The van der Waals surface area contributed by atoms with Crippen molar-refractivity contribution in [2.45, 2.75) is 12.6 Å². The second-order valence-electron chi connectivity index (χ2n) is 5.09. The lowest BCUT2D eigenvalue weighted by molar-refractivity contribution is 0.156. The number of hydrogen-bond donors (Lipinski definition) is 2. The number of carbonyl (C=O) groups excluding carboxylic acids is 1. The maximum atomic E-state index is 12.5. The van der Waals surface area contributed by atoms with E-state index in [2.05, 4.69) is 15.6 Å². The second kappa shape index (κ2) is 6.37. The topological polar surface area (TPSA) is 57.3 Å². The highest BCUT2D eigenvalue weighted by Crippen LogP contribution is 2.14. The van der Waals surface area contributed by atoms with Crippen molar-refractivity contribution >= 4 is 11.7 Å². The van der Waals surface area contributed by atoms with Crippen LogP contribution in [0.4, 0.5) is 10.5 Å². The summed E-state index contributed by atoms with van der Waals surface area (Å²) in [5.74, 6) is 0. The number of anilines is 1. The smallest absolute Gasteiger partial charge is 0.315 e. The summed E-state index contributed by atoms with van der Waals surface area (Å²) in [6.45, 7) is 2.27. The van der Waals surface area contributed by atoms with Gasteiger partial charge in [0.1, 0.15) is 0 Å². The van der Waals surface area contributed by atoms with Crippen molar-refractivity contribution in [3.05, 3.63) is 60.4 Å². The van der Waals surface area contributed by atoms with Crippen LogP contribution in [0, 0.1) is 0 Å². The molecular formula is C16H18N4O. The lowest BCUT2D eigenvalue weighted by Gasteiger charge is -2.38. The Hall–Kier alpha value is -2.40. The number of nitrogens with one attached hydrogen (secondary N) is 2. The van der Waals surface area contributed by atoms with Gasteiger partial charge in [-0.3, -0.25) is 4.98 Å². The fraction of sp³-hybridized carbons (Fsp3) is 0.250. The number of nitrogens with zero attached hydrogens (tertiary/aromatic N) is 2. The quantitative estimate of drug-likeness (QED) is 0.902. The van der Waals surface area contributed by atoms with Crippen molar-refractivity contribution in [1.82, 2.24) is 15.2 Å². The summed E-state index contributed by atoms with van der Waals surface area (Å²) in [6.07, 6.45) is 3.50. The highest BCUT2D eigenvalue weighted by molar-refractivity contribution is 5.89. The molecule has 1 saturated heterocycles. The van der Waals surface area contributed by atoms with Crippen LogP contribution in [0.25, 0.3) is 0 Å². The Kier molecular flexibility index (Phi) is 4.12. The molecule has 2 amide bonds. The van der Waals surface area contributed by atoms with Gasteiger partial charge in [0, 0.05) is 37.7 Å². The van der Waals surface area contributed by atoms with Gasteiger partial charge in [0.15, 0.2) is 0 Å². The Bertz CT molecular complexity index is 584. The van der Waals surface area contributed by atoms with E-state index in [1.807, 2.05) is 47.4 Å². The Morgan fingerprint density at radius 3 is 2.52 bits per heavy atom. The van der Waals surface area contributed by atoms with Crippen LogP contribution >= 0.6 is 0 Å². The Morgan fingerprint density at radius 1 is 1.19 bits per heavy atom. The van der Waals surface area contributed by atoms with Crippen molar-refractivity contribution < 1.29 is 4.79 Å². The molecule has 1 fully saturated rings. The molecule has 0 radical (unpaired) electrons. The molecule has 0 saturated carbocycles. The van der Waals surface area contributed by atoms with Crippen LogP contribution in [-0.2, 0) is 6.54 Å². The van der Waals surface area contributed by atoms with Crippen LogP contribution in [-0.4, -0.2) is 35.0 Å². The molecule has 5 nitrogen and oxygen atoms in total. The minimum atomic E-state index is -0.0653. The molecule has 3 rings (SSSR count). The first kappa shape index (κ1) is 13.6. The van der Waals surface area contributed by atoms with E-state index in [-0.39, 0.29) is 12.1 Å². The minimum Gasteiger partial charge on any atom is -0.315 e. The molecule has 1 aromatic heterocycles. The van der Waals surface area contributed by atoms with Crippen LogP contribution in [0.5, 0.6) is 0 Å². The number of para-hydroxylation sites is 1. The number of benzene rings is 1. The SMILES string of the molecule is O=C(Nc1ccccc1)N(Cc1ccncc1)C1CNC1. The van der Waals surface area contributed by atoms with E-state index < -0.39 is 0 Å². The van der Waals surface area contributed by atoms with E-state index >= 15 is 0 Å². The number of rotatable bonds is 4. The van der Waals surface area contributed by atoms with Gasteiger partial charge in [0.05, 0.1) is 6.04 Å². The summed E-state index contributed by atoms with van der Waals surface area (Å²) in [5.41, 5.74) is 1.90. The van der Waals surface area contributed by atoms with E-state index in [1.165, 1.54) is 0 Å². The van der Waals surface area contributed by atoms with Crippen molar-refractivity contribution in [3.63, 3.8) is 0 Å². The first-order valence-corrected chi connectivity index (χ1v) is 7.05. The van der Waals surface area contributed by atoms with Gasteiger partial charge in [0.2, 0.25) is 0 Å². The molecule has 21 heavy (non-hydrogen) atoms. The average molecular weight is 282 g/mol. The standard InChI is InChI=1S/C16H18N4O/c21-16(19-14-4-2-1-3-5-14)20(15-10-18-11-15)12-13-6-8-17-9-7-13/h1-9,15,18H,10-12H2,(H,19,21). The lowest BCUT2D eigenvalue weighted by atomic mass is 10.1. The molecule has 2 heterocycles. The van der Waals surface area contributed by atoms with Crippen LogP contribution < -0.4 is 10.6 Å². The zero-order valence-corrected chi connectivity index (χ0v) is 11.7. The predicted octanol–water partition coefficient (Wildman–Crippen LogP) is 2.09. The van der Waals surface area contributed by atoms with Gasteiger partial charge in [-0.2, -0.15) is 0 Å². The number of amides is 2. The molecule has 0 bridgehead atoms. The number of urea groups is 1. The summed E-state index contributed by atoms with van der Waals surface area (Å²) in [7, 11) is 0. The summed E-state index contributed by atoms with van der Waals surface area (Å²) in [4.78, 5) is 18.4. The fourth-order valence-electron chi connectivity index (χ4n) is 2.26. The molecule has 108 valence electrons. The molecule has 2 N–H and O–H groups in total. The van der Waals surface area contributed by atoms with Gasteiger partial charge >= 0.3 is 6.03 Å². The maximum Gasteiger partial charge on any atom is 0.322 e. The summed E-state index contributed by atoms with van der Waals surface area (Å²) in [5, 5.41) is 6.17. The molecule has 0 atom stereocenters. The zero-order chi connectivity index (χ0) is 14.5. The van der Waals surface area contributed by atoms with E-state index in [0.29, 0.717) is 6.54 Å². The monoisotopic (exact) mass is 282 g/mol. The fourth-order valence-corrected chi connectivity index (χ4v) is 2.26. The first-order valence-electron chi connectivity index (χ1n) is 7.05. The van der Waals surface area contributed by atoms with Gasteiger partial charge in [-0.1, -0.05) is 18.2 Å². The van der Waals surface area contributed by atoms with E-state index in [1.54, 1.807) is 12.4 Å². The third-order valence-corrected chi connectivity index (χ3v) is 3.59. The van der Waals surface area contributed by atoms with Crippen LogP contribution in [0.2, 0.25) is 0 Å². The number of pyridine rings is 1. The molecule has 0 aliphatic carbocycles. The number of carbonyl (C=O) groups is 1. The van der Waals surface area contributed by atoms with E-state index in [4.69, 9.17) is 0 Å². The third-order valence-electron chi connectivity index (χ3n) is 3.59. The molecule has 1 aromatic carbocycles. The molecule has 0 unspecified atom stereocenters. The highest BCUT2D eigenvalue weighted by atomic mass is 16.2. The molecule has 5 heteroatoms. The molecule has 1 aliphatic rings. The third kappa shape index (κ3) is 3.38. The maximum absolute atomic E-state index is 12.5. The Balaban J connectivity index is 1.71. The van der Waals surface area contributed by atoms with Gasteiger partial charge in [0.25, 0.3) is 0 Å². The van der Waals surface area contributed by atoms with Crippen molar-refractivity contribution in [2.75, 3.05) is 18.4 Å². The van der Waals surface area contributed by atoms with E-state index in [9.17, 15) is 4.79 Å². The molecular weight excluding hydrogens is 264 g/mol. The van der Waals surface area contributed by atoms with Crippen molar-refractivity contribution in [2.24, 2.45) is 0 Å². The molecule has 2 aromatic rings. The van der Waals surface area contributed by atoms with Crippen molar-refractivity contribution in [1.29, 1.82) is 0 Å². The second-order valence-corrected chi connectivity index (χ2v) is 5.09. The lowest BCUT2D eigenvalue weighted by Crippen LogP contribution is -2.59. The number of hydrogen-bond acceptors (Lipinski definition) is 3. The predicted molar refractivity (Wildman–Crippen MR) is 81.9 cm³/mol. The first-order chi connectivity index (χ1) is 10.3. The van der Waals surface area contributed by atoms with Crippen LogP contribution in [0.3, 0.4) is 0 Å². The van der Waals surface area contributed by atoms with E-state index in [0.717, 1.165) is 24.3 Å². The zero-order valence-electron chi connectivity index (χ0n) is 11.7. The van der Waals surface area contributed by atoms with Crippen LogP contribution in [0.1, 0.15) is 5.56 Å². The molecule has 0 spiro atoms. The van der Waals surface area contributed by atoms with Gasteiger partial charge in [-0.25, -0.2) is 4.79 Å². The largest absolute Gasteiger partial charge is 0.322 e. The Labute approximate surface area is 124 Å². The van der Waals surface area contributed by atoms with Gasteiger partial charge in [-0.15, -0.1) is 0 Å². The molecule has 1 aliphatic heterocycles. The summed E-state index contributed by atoms with van der Waals surface area (Å²) < 4.78 is 0. The van der Waals surface area contributed by atoms with Crippen LogP contribution in [0.15, 0.2) is 54.9 Å². The average Bonchev–Trinajstić information content (AvgIpc) is 2.47. The Morgan fingerprint density at radius 2 is 1.90 bits per heavy atom. The summed E-state index contributed by atoms with van der Waals surface area (Å²) >= 11 is 0. The minimum absolute atomic E-state index is 0.0653. The van der Waals surface area contributed by atoms with Gasteiger partial charge in [-0.05, 0) is 29.8 Å². The normalized spacial score (nSPS) is 14.3. The highest BCUT2D eigenvalue weighted by Gasteiger charge is 2.28. The van der Waals surface area contributed by atoms with Crippen molar-refractivity contribution in [3.8, 4) is 0 Å². The summed E-state index contributed by atoms with van der Waals surface area (Å²) in [6, 6.07) is 13.6. The number of aromatic nitrogens is 1.